The number of nitrogens with zero attached hydrogens (tertiary/aromatic N) is 3. The average Bonchev–Trinajstić information content (AvgIpc) is 3.36. The second kappa shape index (κ2) is 59.1. The van der Waals surface area contributed by atoms with Gasteiger partial charge in [-0.15, -0.1) is 0 Å². The molecule has 0 aromatic carbocycles. The maximum atomic E-state index is 9.36. The lowest BCUT2D eigenvalue weighted by molar-refractivity contribution is -0.925. The van der Waals surface area contributed by atoms with Gasteiger partial charge in [-0.2, -0.15) is 7.82 Å². The average molecular weight is 1040 g/mol. The van der Waals surface area contributed by atoms with Gasteiger partial charge in [0.15, 0.2) is 20.2 Å². The van der Waals surface area contributed by atoms with Crippen LogP contribution in [0.2, 0.25) is 0 Å². The van der Waals surface area contributed by atoms with Crippen LogP contribution >= 0.6 is 7.82 Å². The first-order valence-corrected chi connectivity index (χ1v) is 32.6. The number of aliphatic hydroxyl groups excluding tert-OH is 3. The van der Waals surface area contributed by atoms with E-state index in [2.05, 4.69) is 62.7 Å². The molecule has 0 radical (unpaired) electrons. The summed E-state index contributed by atoms with van der Waals surface area (Å²) in [5, 5.41) is 28.1. The van der Waals surface area contributed by atoms with E-state index in [0.717, 1.165) is 52.7 Å². The van der Waals surface area contributed by atoms with Gasteiger partial charge in [-0.3, -0.25) is 0 Å². The molecule has 71 heavy (non-hydrogen) atoms. The van der Waals surface area contributed by atoms with Crippen molar-refractivity contribution in [3.05, 3.63) is 0 Å². The Morgan fingerprint density at radius 3 is 0.479 bits per heavy atom. The summed E-state index contributed by atoms with van der Waals surface area (Å²) in [5.41, 5.74) is 0. The van der Waals surface area contributed by atoms with Gasteiger partial charge in [0.05, 0.1) is 60.4 Å². The third-order valence-electron chi connectivity index (χ3n) is 15.5. The lowest BCUT2D eigenvalue weighted by Gasteiger charge is -2.36. The molecule has 0 fully saturated rings. The summed E-state index contributed by atoms with van der Waals surface area (Å²) in [6.45, 7) is 20.7. The van der Waals surface area contributed by atoms with E-state index in [1.165, 1.54) is 270 Å². The fourth-order valence-electron chi connectivity index (χ4n) is 9.05. The van der Waals surface area contributed by atoms with Gasteiger partial charge in [-0.05, 0) is 59.3 Å². The number of hydrogen-bond donors (Lipinski definition) is 3. The molecule has 434 valence electrons. The second-order valence-corrected chi connectivity index (χ2v) is 23.5. The van der Waals surface area contributed by atoms with Gasteiger partial charge in [0.1, 0.15) is 0 Å². The lowest BCUT2D eigenvalue weighted by atomic mass is 10.0. The minimum atomic E-state index is -5.39. The zero-order valence-electron chi connectivity index (χ0n) is 49.8. The van der Waals surface area contributed by atoms with E-state index in [9.17, 15) is 15.3 Å². The molecule has 0 aromatic heterocycles. The van der Waals surface area contributed by atoms with Gasteiger partial charge in [0, 0.05) is 0 Å². The van der Waals surface area contributed by atoms with Crippen molar-refractivity contribution >= 4 is 7.82 Å². The summed E-state index contributed by atoms with van der Waals surface area (Å²) in [6.07, 6.45) is 59.3. The van der Waals surface area contributed by atoms with E-state index in [1.54, 1.807) is 0 Å². The molecule has 0 spiro atoms. The van der Waals surface area contributed by atoms with Crippen LogP contribution in [0.25, 0.3) is 0 Å². The number of quaternary nitrogens is 3. The highest BCUT2D eigenvalue weighted by Crippen LogP contribution is 2.17. The smallest absolute Gasteiger partial charge is 0.180 e. The first-order chi connectivity index (χ1) is 34.0. The van der Waals surface area contributed by atoms with Crippen LogP contribution in [0.1, 0.15) is 311 Å². The summed E-state index contributed by atoms with van der Waals surface area (Å²) < 4.78 is 11.0. The predicted octanol–water partition coefficient (Wildman–Crippen LogP) is 14.8. The molecule has 3 N–H and O–H groups in total. The molecule has 0 heterocycles. The van der Waals surface area contributed by atoms with E-state index in [1.807, 2.05) is 0 Å². The largest absolute Gasteiger partial charge is 0.822 e. The Kier molecular flexibility index (Phi) is 64.4. The van der Waals surface area contributed by atoms with Crippen LogP contribution in [0.4, 0.5) is 0 Å². The number of phosphoric acid groups is 1. The van der Waals surface area contributed by atoms with Crippen LogP contribution in [-0.4, -0.2) is 109 Å². The normalized spacial score (nSPS) is 14.0. The Balaban J connectivity index is -0.000000451. The summed E-state index contributed by atoms with van der Waals surface area (Å²) in [5.74, 6) is 0. The number of rotatable bonds is 51. The number of hydrogen-bond acceptors (Lipinski definition) is 7. The van der Waals surface area contributed by atoms with Crippen molar-refractivity contribution in [2.75, 3.05) is 80.6 Å². The molecule has 3 atom stereocenters. The second-order valence-electron chi connectivity index (χ2n) is 22.6. The van der Waals surface area contributed by atoms with E-state index < -0.39 is 7.82 Å². The fraction of sp³-hybridized carbons (Fsp3) is 1.00. The van der Waals surface area contributed by atoms with Gasteiger partial charge >= 0.3 is 0 Å². The lowest BCUT2D eigenvalue weighted by Crippen LogP contribution is -2.45. The van der Waals surface area contributed by atoms with E-state index in [4.69, 9.17) is 19.2 Å². The molecule has 0 aliphatic heterocycles. The van der Waals surface area contributed by atoms with E-state index in [-0.39, 0.29) is 20.2 Å². The van der Waals surface area contributed by atoms with Crippen molar-refractivity contribution in [1.29, 1.82) is 0 Å². The maximum Gasteiger partial charge on any atom is 0.180 e. The third kappa shape index (κ3) is 67.9. The third-order valence-corrected chi connectivity index (χ3v) is 15.5. The fourth-order valence-corrected chi connectivity index (χ4v) is 9.05. The standard InChI is InChI=1S/3C20H44NO.H3O4P/c3*1-4-6-7-8-9-10-11-12-13-14-15-16-17-18-19-21(3,5-2)20-22;1-5(2,3)4/h3*22H,4-20H2,1-3H3;(H3,1,2,3,4)/q3*+1;/p-3. The Labute approximate surface area is 446 Å². The van der Waals surface area contributed by atoms with Crippen molar-refractivity contribution in [2.24, 2.45) is 0 Å². The van der Waals surface area contributed by atoms with Crippen LogP contribution < -0.4 is 14.7 Å². The molecule has 0 saturated heterocycles. The SMILES string of the molecule is CCCCCCCCCCCCCCCC[N+](C)(CC)CO.CCCCCCCCCCCCCCCC[N+](C)(CC)CO.CCCCCCCCCCCCCCCC[N+](C)(CC)CO.O=P([O-])([O-])[O-]. The number of unbranched alkanes of at least 4 members (excludes halogenated alkanes) is 39. The highest BCUT2D eigenvalue weighted by Gasteiger charge is 2.18. The zero-order chi connectivity index (χ0) is 54.1. The molecular weight excluding hydrogens is 906 g/mol. The monoisotopic (exact) mass is 1040 g/mol. The topological polar surface area (TPSA) is 147 Å². The molecule has 0 aliphatic carbocycles. The molecule has 0 amide bonds. The summed E-state index contributed by atoms with van der Waals surface area (Å²) in [6, 6.07) is 0. The van der Waals surface area contributed by atoms with E-state index >= 15 is 0 Å². The molecule has 11 heteroatoms. The molecule has 0 saturated carbocycles. The molecule has 10 nitrogen and oxygen atoms in total. The van der Waals surface area contributed by atoms with Gasteiger partial charge in [0.2, 0.25) is 0 Å². The van der Waals surface area contributed by atoms with Crippen LogP contribution in [0.5, 0.6) is 0 Å². The minimum Gasteiger partial charge on any atom is -0.822 e. The molecular formula is C60H132N3O7P. The predicted molar refractivity (Wildman–Crippen MR) is 305 cm³/mol. The van der Waals surface area contributed by atoms with Crippen LogP contribution in [0.3, 0.4) is 0 Å². The Morgan fingerprint density at radius 1 is 0.268 bits per heavy atom. The van der Waals surface area contributed by atoms with Crippen molar-refractivity contribution in [1.82, 2.24) is 0 Å². The van der Waals surface area contributed by atoms with Crippen LogP contribution in [0, 0.1) is 0 Å². The van der Waals surface area contributed by atoms with Crippen LogP contribution in [-0.2, 0) is 4.57 Å². The molecule has 0 bridgehead atoms. The first-order valence-electron chi connectivity index (χ1n) is 31.1. The summed E-state index contributed by atoms with van der Waals surface area (Å²) >= 11 is 0. The van der Waals surface area contributed by atoms with Gasteiger partial charge in [0.25, 0.3) is 0 Å². The molecule has 0 aromatic rings. The quantitative estimate of drug-likeness (QED) is 0.0238. The van der Waals surface area contributed by atoms with Gasteiger partial charge < -0.3 is 48.0 Å². The van der Waals surface area contributed by atoms with Gasteiger partial charge in [-0.1, -0.05) is 252 Å². The summed E-state index contributed by atoms with van der Waals surface area (Å²) in [4.78, 5) is 25.6. The van der Waals surface area contributed by atoms with Gasteiger partial charge in [-0.25, -0.2) is 0 Å². The number of aliphatic hydroxyl groups is 3. The molecule has 3 unspecified atom stereocenters. The Hall–Kier alpha value is -0.130. The molecule has 0 rings (SSSR count). The van der Waals surface area contributed by atoms with Crippen molar-refractivity contribution in [2.45, 2.75) is 311 Å². The summed E-state index contributed by atoms with van der Waals surface area (Å²) in [7, 11) is 1.08. The first kappa shape index (κ1) is 77.4. The van der Waals surface area contributed by atoms with E-state index in [0.29, 0.717) is 0 Å². The zero-order valence-corrected chi connectivity index (χ0v) is 50.7. The maximum absolute atomic E-state index is 9.36. The minimum absolute atomic E-state index is 0.287. The van der Waals surface area contributed by atoms with Crippen molar-refractivity contribution in [3.63, 3.8) is 0 Å². The Morgan fingerprint density at radius 2 is 0.380 bits per heavy atom. The van der Waals surface area contributed by atoms with Crippen molar-refractivity contribution < 1.29 is 48.0 Å². The van der Waals surface area contributed by atoms with Crippen molar-refractivity contribution in [3.8, 4) is 0 Å². The Bertz CT molecular complexity index is 906. The highest BCUT2D eigenvalue weighted by atomic mass is 31.2. The van der Waals surface area contributed by atoms with Crippen LogP contribution in [0.15, 0.2) is 0 Å². The highest BCUT2D eigenvalue weighted by molar-refractivity contribution is 7.40. The molecule has 0 aliphatic rings.